The number of carbonyl (C=O) groups is 2. The standard InChI is InChI=1S/C15H19N3O2/c16-15(20)13-6-3-7-18(13)14(19)8-10-9-17-12-5-2-1-4-11(10)12/h1-2,4-5,10,13,17H,3,6-9H2,(H2,16,20). The number of amides is 2. The Balaban J connectivity index is 1.70. The van der Waals surface area contributed by atoms with Gasteiger partial charge < -0.3 is 16.0 Å². The van der Waals surface area contributed by atoms with E-state index < -0.39 is 6.04 Å². The van der Waals surface area contributed by atoms with Crippen LogP contribution in [0.1, 0.15) is 30.7 Å². The monoisotopic (exact) mass is 273 g/mol. The number of carbonyl (C=O) groups excluding carboxylic acids is 2. The predicted octanol–water partition coefficient (Wildman–Crippen LogP) is 1.06. The van der Waals surface area contributed by atoms with Crippen molar-refractivity contribution in [1.82, 2.24) is 4.90 Å². The lowest BCUT2D eigenvalue weighted by Gasteiger charge is -2.23. The lowest BCUT2D eigenvalue weighted by Crippen LogP contribution is -2.44. The largest absolute Gasteiger partial charge is 0.384 e. The third-order valence-corrected chi connectivity index (χ3v) is 4.26. The van der Waals surface area contributed by atoms with Gasteiger partial charge in [0.05, 0.1) is 0 Å². The van der Waals surface area contributed by atoms with Crippen molar-refractivity contribution in [2.45, 2.75) is 31.2 Å². The maximum absolute atomic E-state index is 12.4. The van der Waals surface area contributed by atoms with Crippen LogP contribution in [-0.2, 0) is 9.59 Å². The molecule has 2 unspecified atom stereocenters. The van der Waals surface area contributed by atoms with Crippen LogP contribution in [0.25, 0.3) is 0 Å². The fourth-order valence-corrected chi connectivity index (χ4v) is 3.23. The number of hydrogen-bond acceptors (Lipinski definition) is 3. The summed E-state index contributed by atoms with van der Waals surface area (Å²) in [5.74, 6) is -0.163. The molecule has 1 aromatic carbocycles. The van der Waals surface area contributed by atoms with Crippen LogP contribution < -0.4 is 11.1 Å². The summed E-state index contributed by atoms with van der Waals surface area (Å²) in [4.78, 5) is 25.4. The van der Waals surface area contributed by atoms with Crippen LogP contribution >= 0.6 is 0 Å². The van der Waals surface area contributed by atoms with E-state index in [1.54, 1.807) is 4.90 Å². The van der Waals surface area contributed by atoms with Gasteiger partial charge in [0, 0.05) is 31.1 Å². The van der Waals surface area contributed by atoms with Crippen LogP contribution in [0.4, 0.5) is 5.69 Å². The molecule has 2 aliphatic rings. The first-order valence-electron chi connectivity index (χ1n) is 7.08. The first-order chi connectivity index (χ1) is 9.66. The molecule has 106 valence electrons. The summed E-state index contributed by atoms with van der Waals surface area (Å²) in [5, 5.41) is 3.32. The second-order valence-corrected chi connectivity index (χ2v) is 5.52. The Kier molecular flexibility index (Phi) is 3.34. The average molecular weight is 273 g/mol. The number of nitrogens with two attached hydrogens (primary N) is 1. The summed E-state index contributed by atoms with van der Waals surface area (Å²) in [6, 6.07) is 7.66. The quantitative estimate of drug-likeness (QED) is 0.864. The number of nitrogens with zero attached hydrogens (tertiary/aromatic N) is 1. The fourth-order valence-electron chi connectivity index (χ4n) is 3.23. The minimum absolute atomic E-state index is 0.0369. The number of primary amides is 1. The molecule has 5 heteroatoms. The predicted molar refractivity (Wildman–Crippen MR) is 76.2 cm³/mol. The van der Waals surface area contributed by atoms with Crippen molar-refractivity contribution in [3.63, 3.8) is 0 Å². The highest BCUT2D eigenvalue weighted by Gasteiger charge is 2.34. The van der Waals surface area contributed by atoms with E-state index in [9.17, 15) is 9.59 Å². The van der Waals surface area contributed by atoms with E-state index >= 15 is 0 Å². The normalized spacial score (nSPS) is 24.3. The van der Waals surface area contributed by atoms with Crippen molar-refractivity contribution >= 4 is 17.5 Å². The summed E-state index contributed by atoms with van der Waals surface area (Å²) < 4.78 is 0. The Morgan fingerprint density at radius 3 is 2.95 bits per heavy atom. The molecule has 2 heterocycles. The second-order valence-electron chi connectivity index (χ2n) is 5.52. The highest BCUT2D eigenvalue weighted by Crippen LogP contribution is 2.34. The van der Waals surface area contributed by atoms with Crippen LogP contribution in [0.2, 0.25) is 0 Å². The number of hydrogen-bond donors (Lipinski definition) is 2. The van der Waals surface area contributed by atoms with E-state index in [-0.39, 0.29) is 17.7 Å². The maximum Gasteiger partial charge on any atom is 0.240 e. The Hall–Kier alpha value is -2.04. The highest BCUT2D eigenvalue weighted by atomic mass is 16.2. The minimum atomic E-state index is -0.410. The molecule has 0 aromatic heterocycles. The van der Waals surface area contributed by atoms with Crippen LogP contribution in [0, 0.1) is 0 Å². The Labute approximate surface area is 118 Å². The lowest BCUT2D eigenvalue weighted by atomic mass is 9.97. The number of nitrogens with one attached hydrogen (secondary N) is 1. The molecule has 3 rings (SSSR count). The summed E-state index contributed by atoms with van der Waals surface area (Å²) in [5.41, 5.74) is 7.67. The average Bonchev–Trinajstić information content (AvgIpc) is 3.06. The molecule has 3 N–H and O–H groups in total. The first kappa shape index (κ1) is 13.0. The van der Waals surface area contributed by atoms with Gasteiger partial charge >= 0.3 is 0 Å². The van der Waals surface area contributed by atoms with E-state index in [1.807, 2.05) is 18.2 Å². The zero-order valence-electron chi connectivity index (χ0n) is 11.3. The first-order valence-corrected chi connectivity index (χ1v) is 7.08. The van der Waals surface area contributed by atoms with E-state index in [2.05, 4.69) is 11.4 Å². The Morgan fingerprint density at radius 2 is 2.15 bits per heavy atom. The summed E-state index contributed by atoms with van der Waals surface area (Å²) in [6.45, 7) is 1.43. The topological polar surface area (TPSA) is 75.4 Å². The molecule has 1 saturated heterocycles. The zero-order chi connectivity index (χ0) is 14.1. The molecular formula is C15H19N3O2. The van der Waals surface area contributed by atoms with Gasteiger partial charge in [-0.15, -0.1) is 0 Å². The molecule has 1 fully saturated rings. The van der Waals surface area contributed by atoms with Crippen molar-refractivity contribution in [3.8, 4) is 0 Å². The third kappa shape index (κ3) is 2.24. The molecular weight excluding hydrogens is 254 g/mol. The minimum Gasteiger partial charge on any atom is -0.384 e. The van der Waals surface area contributed by atoms with E-state index in [4.69, 9.17) is 5.73 Å². The highest BCUT2D eigenvalue weighted by molar-refractivity contribution is 5.87. The maximum atomic E-state index is 12.4. The van der Waals surface area contributed by atoms with Gasteiger partial charge in [-0.1, -0.05) is 18.2 Å². The van der Waals surface area contributed by atoms with E-state index in [0.29, 0.717) is 19.4 Å². The van der Waals surface area contributed by atoms with E-state index in [1.165, 1.54) is 5.56 Å². The van der Waals surface area contributed by atoms with Gasteiger partial charge in [0.2, 0.25) is 11.8 Å². The van der Waals surface area contributed by atoms with Gasteiger partial charge in [0.1, 0.15) is 6.04 Å². The van der Waals surface area contributed by atoms with Crippen molar-refractivity contribution in [2.75, 3.05) is 18.4 Å². The molecule has 0 aliphatic carbocycles. The third-order valence-electron chi connectivity index (χ3n) is 4.26. The summed E-state index contributed by atoms with van der Waals surface area (Å²) >= 11 is 0. The number of likely N-dealkylation sites (tertiary alicyclic amines) is 1. The van der Waals surface area contributed by atoms with Gasteiger partial charge in [-0.05, 0) is 24.5 Å². The number of rotatable bonds is 3. The van der Waals surface area contributed by atoms with Gasteiger partial charge in [0.15, 0.2) is 0 Å². The summed E-state index contributed by atoms with van der Waals surface area (Å²) in [6.07, 6.45) is 1.99. The number of benzene rings is 1. The van der Waals surface area contributed by atoms with E-state index in [0.717, 1.165) is 18.7 Å². The SMILES string of the molecule is NC(=O)C1CCCN1C(=O)CC1CNc2ccccc21. The van der Waals surface area contributed by atoms with Crippen LogP contribution in [-0.4, -0.2) is 35.8 Å². The van der Waals surface area contributed by atoms with Gasteiger partial charge in [0.25, 0.3) is 0 Å². The van der Waals surface area contributed by atoms with Gasteiger partial charge in [-0.2, -0.15) is 0 Å². The molecule has 0 saturated carbocycles. The number of fused-ring (bicyclic) bond motifs is 1. The smallest absolute Gasteiger partial charge is 0.240 e. The van der Waals surface area contributed by atoms with Crippen LogP contribution in [0.5, 0.6) is 0 Å². The fraction of sp³-hybridized carbons (Fsp3) is 0.467. The number of anilines is 1. The van der Waals surface area contributed by atoms with Crippen molar-refractivity contribution in [2.24, 2.45) is 5.73 Å². The molecule has 2 atom stereocenters. The molecule has 0 bridgehead atoms. The molecule has 5 nitrogen and oxygen atoms in total. The van der Waals surface area contributed by atoms with Gasteiger partial charge in [-0.3, -0.25) is 9.59 Å². The van der Waals surface area contributed by atoms with Crippen LogP contribution in [0.15, 0.2) is 24.3 Å². The zero-order valence-corrected chi connectivity index (χ0v) is 11.3. The molecule has 1 aromatic rings. The van der Waals surface area contributed by atoms with Crippen molar-refractivity contribution in [3.05, 3.63) is 29.8 Å². The second kappa shape index (κ2) is 5.15. The van der Waals surface area contributed by atoms with Crippen molar-refractivity contribution < 1.29 is 9.59 Å². The Morgan fingerprint density at radius 1 is 1.35 bits per heavy atom. The Bertz CT molecular complexity index is 544. The summed E-state index contributed by atoms with van der Waals surface area (Å²) in [7, 11) is 0. The molecule has 0 spiro atoms. The van der Waals surface area contributed by atoms with Gasteiger partial charge in [-0.25, -0.2) is 0 Å². The lowest BCUT2D eigenvalue weighted by molar-refractivity contribution is -0.137. The molecule has 0 radical (unpaired) electrons. The van der Waals surface area contributed by atoms with Crippen LogP contribution in [0.3, 0.4) is 0 Å². The molecule has 2 amide bonds. The van der Waals surface area contributed by atoms with Crippen molar-refractivity contribution in [1.29, 1.82) is 0 Å². The number of para-hydroxylation sites is 1. The molecule has 2 aliphatic heterocycles. The molecule has 20 heavy (non-hydrogen) atoms.